The fourth-order valence-electron chi connectivity index (χ4n) is 5.99. The molecular formula is C21H27ClN2O2. The maximum atomic E-state index is 12.4. The minimum atomic E-state index is -0.177. The lowest BCUT2D eigenvalue weighted by Crippen LogP contribution is -2.48. The molecule has 4 nitrogen and oxygen atoms in total. The maximum Gasteiger partial charge on any atom is 0.239 e. The van der Waals surface area contributed by atoms with Crippen molar-refractivity contribution in [2.45, 2.75) is 51.5 Å². The van der Waals surface area contributed by atoms with Crippen molar-refractivity contribution in [1.82, 2.24) is 10.6 Å². The summed E-state index contributed by atoms with van der Waals surface area (Å²) in [6.07, 6.45) is 8.37. The van der Waals surface area contributed by atoms with Crippen molar-refractivity contribution < 1.29 is 9.59 Å². The third kappa shape index (κ3) is 3.90. The van der Waals surface area contributed by atoms with Crippen LogP contribution in [0.25, 0.3) is 0 Å². The zero-order valence-electron chi connectivity index (χ0n) is 15.1. The van der Waals surface area contributed by atoms with Gasteiger partial charge in [0, 0.05) is 18.0 Å². The quantitative estimate of drug-likeness (QED) is 0.798. The van der Waals surface area contributed by atoms with Gasteiger partial charge in [0.15, 0.2) is 0 Å². The van der Waals surface area contributed by atoms with Crippen LogP contribution in [0.4, 0.5) is 0 Å². The number of carbonyl (C=O) groups excluding carboxylic acids is 2. The second kappa shape index (κ2) is 7.22. The number of carbonyl (C=O) groups is 2. The van der Waals surface area contributed by atoms with Gasteiger partial charge < -0.3 is 10.6 Å². The fraction of sp³-hybridized carbons (Fsp3) is 0.619. The van der Waals surface area contributed by atoms with Crippen LogP contribution >= 0.6 is 11.6 Å². The monoisotopic (exact) mass is 374 g/mol. The third-order valence-corrected chi connectivity index (χ3v) is 6.95. The molecular weight excluding hydrogens is 348 g/mol. The molecule has 0 heterocycles. The number of benzene rings is 1. The Kier molecular flexibility index (Phi) is 4.96. The molecule has 2 N–H and O–H groups in total. The van der Waals surface area contributed by atoms with E-state index >= 15 is 0 Å². The standard InChI is InChI=1S/C21H27ClN2O2/c22-18-4-2-1-3-17(18)12-23-20(26)13-24-19(25)11-21-8-14-5-15(9-21)7-16(6-14)10-21/h1-4,14-16H,5-13H2,(H,23,26)(H,24,25). The number of rotatable bonds is 6. The molecule has 0 spiro atoms. The number of hydrogen-bond donors (Lipinski definition) is 2. The van der Waals surface area contributed by atoms with Crippen LogP contribution in [-0.4, -0.2) is 18.4 Å². The van der Waals surface area contributed by atoms with Crippen LogP contribution in [0.2, 0.25) is 5.02 Å². The summed E-state index contributed by atoms with van der Waals surface area (Å²) >= 11 is 6.09. The van der Waals surface area contributed by atoms with Crippen LogP contribution in [0.5, 0.6) is 0 Å². The minimum absolute atomic E-state index is 0.0276. The van der Waals surface area contributed by atoms with Crippen molar-refractivity contribution in [2.24, 2.45) is 23.2 Å². The first-order chi connectivity index (χ1) is 12.5. The second-order valence-electron chi connectivity index (χ2n) is 8.74. The third-order valence-electron chi connectivity index (χ3n) is 6.58. The molecule has 5 rings (SSSR count). The van der Waals surface area contributed by atoms with E-state index in [1.165, 1.54) is 38.5 Å². The molecule has 140 valence electrons. The minimum Gasteiger partial charge on any atom is -0.350 e. The Balaban J connectivity index is 1.23. The van der Waals surface area contributed by atoms with E-state index in [0.29, 0.717) is 18.0 Å². The van der Waals surface area contributed by atoms with Crippen LogP contribution in [-0.2, 0) is 16.1 Å². The van der Waals surface area contributed by atoms with E-state index in [1.54, 1.807) is 6.07 Å². The highest BCUT2D eigenvalue weighted by Crippen LogP contribution is 2.61. The van der Waals surface area contributed by atoms with Crippen LogP contribution in [0.15, 0.2) is 24.3 Å². The molecule has 0 aromatic heterocycles. The van der Waals surface area contributed by atoms with Gasteiger partial charge in [-0.05, 0) is 73.3 Å². The molecule has 5 heteroatoms. The predicted molar refractivity (Wildman–Crippen MR) is 102 cm³/mol. The molecule has 0 radical (unpaired) electrons. The largest absolute Gasteiger partial charge is 0.350 e. The number of hydrogen-bond acceptors (Lipinski definition) is 2. The molecule has 4 aliphatic rings. The molecule has 4 aliphatic carbocycles. The van der Waals surface area contributed by atoms with Gasteiger partial charge in [-0.1, -0.05) is 29.8 Å². The van der Waals surface area contributed by atoms with Gasteiger partial charge in [0.25, 0.3) is 0 Å². The highest BCUT2D eigenvalue weighted by Gasteiger charge is 2.51. The van der Waals surface area contributed by atoms with E-state index < -0.39 is 0 Å². The molecule has 2 amide bonds. The smallest absolute Gasteiger partial charge is 0.239 e. The summed E-state index contributed by atoms with van der Waals surface area (Å²) in [4.78, 5) is 24.5. The topological polar surface area (TPSA) is 58.2 Å². The molecule has 26 heavy (non-hydrogen) atoms. The lowest BCUT2D eigenvalue weighted by Gasteiger charge is -2.56. The zero-order valence-corrected chi connectivity index (χ0v) is 15.9. The Labute approximate surface area is 160 Å². The molecule has 4 fully saturated rings. The number of halogens is 1. The summed E-state index contributed by atoms with van der Waals surface area (Å²) < 4.78 is 0. The molecule has 1 aromatic rings. The highest BCUT2D eigenvalue weighted by molar-refractivity contribution is 6.31. The van der Waals surface area contributed by atoms with Crippen molar-refractivity contribution in [3.8, 4) is 0 Å². The fourth-order valence-corrected chi connectivity index (χ4v) is 6.19. The summed E-state index contributed by atoms with van der Waals surface area (Å²) in [6, 6.07) is 7.43. The first-order valence-corrected chi connectivity index (χ1v) is 10.2. The molecule has 4 bridgehead atoms. The molecule has 4 saturated carbocycles. The van der Waals surface area contributed by atoms with E-state index in [-0.39, 0.29) is 23.8 Å². The van der Waals surface area contributed by atoms with E-state index in [9.17, 15) is 9.59 Å². The summed E-state index contributed by atoms with van der Waals surface area (Å²) in [5.41, 5.74) is 1.09. The molecule has 0 saturated heterocycles. The van der Waals surface area contributed by atoms with Gasteiger partial charge >= 0.3 is 0 Å². The first kappa shape index (κ1) is 17.8. The Morgan fingerprint density at radius 2 is 1.58 bits per heavy atom. The first-order valence-electron chi connectivity index (χ1n) is 9.78. The number of amides is 2. The average molecular weight is 375 g/mol. The second-order valence-corrected chi connectivity index (χ2v) is 9.15. The van der Waals surface area contributed by atoms with Gasteiger partial charge in [0.2, 0.25) is 11.8 Å². The van der Waals surface area contributed by atoms with E-state index in [1.807, 2.05) is 18.2 Å². The van der Waals surface area contributed by atoms with Crippen molar-refractivity contribution in [1.29, 1.82) is 0 Å². The Bertz CT molecular complexity index is 668. The van der Waals surface area contributed by atoms with E-state index in [4.69, 9.17) is 11.6 Å². The van der Waals surface area contributed by atoms with Gasteiger partial charge in [0.1, 0.15) is 0 Å². The summed E-state index contributed by atoms with van der Waals surface area (Å²) in [5.74, 6) is 2.37. The Hall–Kier alpha value is -1.55. The molecule has 0 unspecified atom stereocenters. The van der Waals surface area contributed by atoms with Gasteiger partial charge in [-0.3, -0.25) is 9.59 Å². The predicted octanol–water partition coefficient (Wildman–Crippen LogP) is 3.68. The lowest BCUT2D eigenvalue weighted by molar-refractivity contribution is -0.131. The van der Waals surface area contributed by atoms with Crippen LogP contribution in [0, 0.1) is 23.2 Å². The maximum absolute atomic E-state index is 12.4. The van der Waals surface area contributed by atoms with Crippen molar-refractivity contribution in [3.05, 3.63) is 34.9 Å². The van der Waals surface area contributed by atoms with Gasteiger partial charge in [-0.2, -0.15) is 0 Å². The zero-order chi connectivity index (χ0) is 18.1. The normalized spacial score (nSPS) is 31.7. The highest BCUT2D eigenvalue weighted by atomic mass is 35.5. The van der Waals surface area contributed by atoms with Crippen LogP contribution < -0.4 is 10.6 Å². The Morgan fingerprint density at radius 1 is 0.962 bits per heavy atom. The van der Waals surface area contributed by atoms with Crippen molar-refractivity contribution in [2.75, 3.05) is 6.54 Å². The van der Waals surface area contributed by atoms with Gasteiger partial charge in [0.05, 0.1) is 6.54 Å². The average Bonchev–Trinajstić information content (AvgIpc) is 2.57. The van der Waals surface area contributed by atoms with Crippen molar-refractivity contribution in [3.63, 3.8) is 0 Å². The summed E-state index contributed by atoms with van der Waals surface area (Å²) in [5, 5.41) is 6.28. The summed E-state index contributed by atoms with van der Waals surface area (Å²) in [6.45, 7) is 0.416. The number of nitrogens with one attached hydrogen (secondary N) is 2. The molecule has 0 atom stereocenters. The van der Waals surface area contributed by atoms with Gasteiger partial charge in [-0.25, -0.2) is 0 Å². The molecule has 0 aliphatic heterocycles. The van der Waals surface area contributed by atoms with E-state index in [2.05, 4.69) is 10.6 Å². The van der Waals surface area contributed by atoms with Crippen molar-refractivity contribution >= 4 is 23.4 Å². The molecule has 1 aromatic carbocycles. The lowest BCUT2D eigenvalue weighted by atomic mass is 9.49. The SMILES string of the molecule is O=C(CNC(=O)CC12CC3CC(CC(C3)C1)C2)NCc1ccccc1Cl. The van der Waals surface area contributed by atoms with E-state index in [0.717, 1.165) is 23.3 Å². The van der Waals surface area contributed by atoms with Crippen LogP contribution in [0.1, 0.15) is 50.5 Å². The van der Waals surface area contributed by atoms with Crippen LogP contribution in [0.3, 0.4) is 0 Å². The summed E-state index contributed by atoms with van der Waals surface area (Å²) in [7, 11) is 0. The Morgan fingerprint density at radius 3 is 2.19 bits per heavy atom. The van der Waals surface area contributed by atoms with Gasteiger partial charge in [-0.15, -0.1) is 0 Å².